The molecule has 0 unspecified atom stereocenters. The number of ether oxygens (including phenoxy) is 2. The van der Waals surface area contributed by atoms with E-state index in [1.54, 1.807) is 13.2 Å². The van der Waals surface area contributed by atoms with Crippen LogP contribution >= 0.6 is 0 Å². The maximum Gasteiger partial charge on any atom is 0.330 e. The Morgan fingerprint density at radius 3 is 2.12 bits per heavy atom. The molecule has 0 aliphatic heterocycles. The molecule has 0 N–H and O–H groups in total. The van der Waals surface area contributed by atoms with Gasteiger partial charge in [-0.15, -0.1) is 0 Å². The van der Waals surface area contributed by atoms with Crippen LogP contribution in [0.15, 0.2) is 72.8 Å². The number of carbonyl (C=O) groups is 1. The Morgan fingerprint density at radius 2 is 1.52 bits per heavy atom. The van der Waals surface area contributed by atoms with Crippen LogP contribution < -0.4 is 4.74 Å². The van der Waals surface area contributed by atoms with Crippen LogP contribution in [0.5, 0.6) is 5.75 Å². The van der Waals surface area contributed by atoms with Gasteiger partial charge in [0.1, 0.15) is 5.75 Å². The fourth-order valence-electron chi connectivity index (χ4n) is 2.21. The summed E-state index contributed by atoms with van der Waals surface area (Å²) in [6.07, 6.45) is 8.94. The van der Waals surface area contributed by atoms with Gasteiger partial charge in [-0.25, -0.2) is 4.79 Å². The molecule has 128 valence electrons. The lowest BCUT2D eigenvalue weighted by Crippen LogP contribution is -1.92. The van der Waals surface area contributed by atoms with Gasteiger partial charge < -0.3 is 9.47 Å². The second-order valence-corrected chi connectivity index (χ2v) is 5.48. The van der Waals surface area contributed by atoms with Crippen LogP contribution in [0.1, 0.15) is 16.7 Å². The van der Waals surface area contributed by atoms with Crippen molar-refractivity contribution < 1.29 is 14.3 Å². The van der Waals surface area contributed by atoms with E-state index in [2.05, 4.69) is 42.0 Å². The molecular formula is C22H22O3. The van der Waals surface area contributed by atoms with Gasteiger partial charge in [0.25, 0.3) is 0 Å². The summed E-state index contributed by atoms with van der Waals surface area (Å²) in [6, 6.07) is 16.2. The van der Waals surface area contributed by atoms with E-state index in [-0.39, 0.29) is 5.97 Å². The number of hydrogen-bond donors (Lipinski definition) is 0. The third-order valence-electron chi connectivity index (χ3n) is 3.64. The summed E-state index contributed by atoms with van der Waals surface area (Å²) in [5.74, 6) is 0.450. The fourth-order valence-corrected chi connectivity index (χ4v) is 2.21. The number of carbonyl (C=O) groups excluding carboxylic acids is 1. The summed E-state index contributed by atoms with van der Waals surface area (Å²) < 4.78 is 9.78. The number of benzene rings is 2. The lowest BCUT2D eigenvalue weighted by molar-refractivity contribution is -0.134. The highest BCUT2D eigenvalue weighted by molar-refractivity contribution is 5.88. The van der Waals surface area contributed by atoms with E-state index in [0.29, 0.717) is 0 Å². The van der Waals surface area contributed by atoms with Crippen LogP contribution in [-0.2, 0) is 9.53 Å². The summed E-state index contributed by atoms with van der Waals surface area (Å²) >= 11 is 0. The Kier molecular flexibility index (Phi) is 6.78. The van der Waals surface area contributed by atoms with Crippen LogP contribution in [0.2, 0.25) is 0 Å². The maximum absolute atomic E-state index is 11.1. The van der Waals surface area contributed by atoms with Crippen molar-refractivity contribution >= 4 is 17.6 Å². The topological polar surface area (TPSA) is 35.5 Å². The first kappa shape index (κ1) is 18.3. The Bertz CT molecular complexity index is 779. The van der Waals surface area contributed by atoms with Gasteiger partial charge in [0.2, 0.25) is 0 Å². The van der Waals surface area contributed by atoms with Gasteiger partial charge in [0.05, 0.1) is 14.2 Å². The normalized spacial score (nSPS) is 11.9. The van der Waals surface area contributed by atoms with Crippen molar-refractivity contribution in [2.45, 2.75) is 6.92 Å². The molecule has 0 heterocycles. The zero-order valence-electron chi connectivity index (χ0n) is 14.7. The molecule has 2 aromatic rings. The predicted octanol–water partition coefficient (Wildman–Crippen LogP) is 4.83. The van der Waals surface area contributed by atoms with Crippen molar-refractivity contribution in [3.8, 4) is 5.75 Å². The monoisotopic (exact) mass is 334 g/mol. The van der Waals surface area contributed by atoms with E-state index in [4.69, 9.17) is 4.74 Å². The van der Waals surface area contributed by atoms with E-state index in [0.717, 1.165) is 22.4 Å². The second kappa shape index (κ2) is 9.28. The molecule has 25 heavy (non-hydrogen) atoms. The zero-order valence-corrected chi connectivity index (χ0v) is 14.7. The Hall–Kier alpha value is -3.07. The first-order valence-electron chi connectivity index (χ1n) is 7.98. The predicted molar refractivity (Wildman–Crippen MR) is 102 cm³/mol. The lowest BCUT2D eigenvalue weighted by Gasteiger charge is -2.05. The molecule has 0 fully saturated rings. The molecule has 2 aromatic carbocycles. The van der Waals surface area contributed by atoms with Crippen LogP contribution in [-0.4, -0.2) is 20.2 Å². The van der Waals surface area contributed by atoms with Gasteiger partial charge in [-0.2, -0.15) is 0 Å². The van der Waals surface area contributed by atoms with Gasteiger partial charge in [-0.1, -0.05) is 60.2 Å². The summed E-state index contributed by atoms with van der Waals surface area (Å²) in [6.45, 7) is 2.06. The smallest absolute Gasteiger partial charge is 0.330 e. The van der Waals surface area contributed by atoms with Crippen LogP contribution in [0.25, 0.3) is 11.6 Å². The first-order chi connectivity index (χ1) is 12.1. The number of aryl methyl sites for hydroxylation is 1. The fraction of sp³-hybridized carbons (Fsp3) is 0.136. The highest BCUT2D eigenvalue weighted by Crippen LogP contribution is 2.22. The second-order valence-electron chi connectivity index (χ2n) is 5.48. The Balaban J connectivity index is 2.32. The van der Waals surface area contributed by atoms with Crippen LogP contribution in [0, 0.1) is 6.92 Å². The van der Waals surface area contributed by atoms with Gasteiger partial charge in [-0.05, 0) is 41.8 Å². The molecule has 0 spiro atoms. The number of hydrogen-bond acceptors (Lipinski definition) is 3. The molecule has 0 aliphatic carbocycles. The van der Waals surface area contributed by atoms with Crippen molar-refractivity contribution in [2.24, 2.45) is 0 Å². The minimum Gasteiger partial charge on any atom is -0.497 e. The van der Waals surface area contributed by atoms with Gasteiger partial charge in [0, 0.05) is 6.08 Å². The quantitative estimate of drug-likeness (QED) is 0.328. The summed E-state index contributed by atoms with van der Waals surface area (Å²) in [5, 5.41) is 0. The molecule has 0 atom stereocenters. The zero-order chi connectivity index (χ0) is 18.1. The Morgan fingerprint density at radius 1 is 0.880 bits per heavy atom. The number of esters is 1. The van der Waals surface area contributed by atoms with Crippen molar-refractivity contribution in [2.75, 3.05) is 14.2 Å². The van der Waals surface area contributed by atoms with E-state index in [1.165, 1.54) is 18.7 Å². The molecule has 0 amide bonds. The third-order valence-corrected chi connectivity index (χ3v) is 3.64. The van der Waals surface area contributed by atoms with E-state index in [1.807, 2.05) is 36.4 Å². The minimum atomic E-state index is -0.374. The number of allylic oxidation sites excluding steroid dienone is 4. The Labute approximate surface area is 148 Å². The average molecular weight is 334 g/mol. The molecule has 3 nitrogen and oxygen atoms in total. The van der Waals surface area contributed by atoms with Gasteiger partial charge >= 0.3 is 5.97 Å². The summed E-state index contributed by atoms with van der Waals surface area (Å²) in [7, 11) is 3.01. The van der Waals surface area contributed by atoms with E-state index >= 15 is 0 Å². The average Bonchev–Trinajstić information content (AvgIpc) is 2.65. The lowest BCUT2D eigenvalue weighted by atomic mass is 10.0. The van der Waals surface area contributed by atoms with E-state index in [9.17, 15) is 4.79 Å². The van der Waals surface area contributed by atoms with Crippen molar-refractivity contribution in [3.63, 3.8) is 0 Å². The van der Waals surface area contributed by atoms with Gasteiger partial charge in [0.15, 0.2) is 0 Å². The minimum absolute atomic E-state index is 0.374. The maximum atomic E-state index is 11.1. The van der Waals surface area contributed by atoms with Crippen LogP contribution in [0.3, 0.4) is 0 Å². The van der Waals surface area contributed by atoms with Gasteiger partial charge in [-0.3, -0.25) is 0 Å². The molecule has 2 rings (SSSR count). The summed E-state index contributed by atoms with van der Waals surface area (Å²) in [5.41, 5.74) is 4.42. The van der Waals surface area contributed by atoms with Crippen molar-refractivity contribution in [1.82, 2.24) is 0 Å². The molecule has 0 saturated heterocycles. The molecular weight excluding hydrogens is 312 g/mol. The molecule has 0 radical (unpaired) electrons. The standard InChI is InChI=1S/C22H22O3/c1-17-8-12-19(13-9-17)20(6-4-5-7-22(23)25-3)16-18-10-14-21(24-2)15-11-18/h4-16H,1-3H3/b6-4+,7-5+,20-16-. The SMILES string of the molecule is COC(=O)/C=C/C=C/C(=C/c1ccc(OC)cc1)c1ccc(C)cc1. The van der Waals surface area contributed by atoms with Crippen molar-refractivity contribution in [3.05, 3.63) is 89.5 Å². The third kappa shape index (κ3) is 5.81. The van der Waals surface area contributed by atoms with Crippen molar-refractivity contribution in [1.29, 1.82) is 0 Å². The summed E-state index contributed by atoms with van der Waals surface area (Å²) in [4.78, 5) is 11.1. The largest absolute Gasteiger partial charge is 0.497 e. The van der Waals surface area contributed by atoms with E-state index < -0.39 is 0 Å². The highest BCUT2D eigenvalue weighted by Gasteiger charge is 1.99. The highest BCUT2D eigenvalue weighted by atomic mass is 16.5. The molecule has 0 aliphatic rings. The molecule has 0 aromatic heterocycles. The molecule has 3 heteroatoms. The number of rotatable bonds is 6. The number of methoxy groups -OCH3 is 2. The first-order valence-corrected chi connectivity index (χ1v) is 7.98. The molecule has 0 saturated carbocycles. The molecule has 0 bridgehead atoms. The van der Waals surface area contributed by atoms with Crippen LogP contribution in [0.4, 0.5) is 0 Å².